The summed E-state index contributed by atoms with van der Waals surface area (Å²) in [6, 6.07) is 0. The quantitative estimate of drug-likeness (QED) is 0.229. The van der Waals surface area contributed by atoms with Crippen LogP contribution in [0.25, 0.3) is 0 Å². The molecule has 4 nitrogen and oxygen atoms in total. The van der Waals surface area contributed by atoms with Crippen LogP contribution in [-0.2, 0) is 9.59 Å². The van der Waals surface area contributed by atoms with Crippen LogP contribution in [0.15, 0.2) is 0 Å². The summed E-state index contributed by atoms with van der Waals surface area (Å²) in [5, 5.41) is 20.8. The standard InChI is InChI=1S/C12H22O4.2K/c1-2-3-4-5-6-7-8-9-10(11(13)14)12(15)16;;/h10H,2-9H2,1H3,(H,13,14)(H,15,16);;/q;2*+1/p-2. The molecule has 0 spiro atoms. The van der Waals surface area contributed by atoms with E-state index in [0.717, 1.165) is 19.3 Å². The molecule has 0 unspecified atom stereocenters. The molecule has 0 aliphatic rings. The third kappa shape index (κ3) is 14.6. The van der Waals surface area contributed by atoms with E-state index in [4.69, 9.17) is 0 Å². The van der Waals surface area contributed by atoms with Gasteiger partial charge in [-0.25, -0.2) is 0 Å². The molecule has 0 heterocycles. The normalized spacial score (nSPS) is 9.44. The molecular weight excluding hydrogens is 286 g/mol. The molecule has 0 aromatic carbocycles. The molecule has 0 amide bonds. The minimum atomic E-state index is -1.54. The second-order valence-electron chi connectivity index (χ2n) is 4.10. The van der Waals surface area contributed by atoms with Crippen LogP contribution >= 0.6 is 0 Å². The molecule has 0 aromatic heterocycles. The molecule has 0 atom stereocenters. The summed E-state index contributed by atoms with van der Waals surface area (Å²) in [4.78, 5) is 20.8. The molecule has 0 aliphatic carbocycles. The topological polar surface area (TPSA) is 80.3 Å². The predicted octanol–water partition coefficient (Wildman–Crippen LogP) is -5.75. The molecule has 0 N–H and O–H groups in total. The van der Waals surface area contributed by atoms with Crippen molar-refractivity contribution in [3.8, 4) is 0 Å². The van der Waals surface area contributed by atoms with Gasteiger partial charge in [0.05, 0.1) is 11.9 Å². The summed E-state index contributed by atoms with van der Waals surface area (Å²) in [7, 11) is 0. The van der Waals surface area contributed by atoms with Gasteiger partial charge in [-0.05, 0) is 6.42 Å². The van der Waals surface area contributed by atoms with E-state index in [1.807, 2.05) is 0 Å². The molecule has 94 valence electrons. The summed E-state index contributed by atoms with van der Waals surface area (Å²) >= 11 is 0. The Labute approximate surface area is 195 Å². The van der Waals surface area contributed by atoms with Crippen LogP contribution in [0.5, 0.6) is 0 Å². The number of carboxylic acids is 2. The first-order valence-electron chi connectivity index (χ1n) is 6.01. The maximum absolute atomic E-state index is 10.4. The van der Waals surface area contributed by atoms with Gasteiger partial charge in [-0.3, -0.25) is 0 Å². The van der Waals surface area contributed by atoms with Gasteiger partial charge >= 0.3 is 103 Å². The summed E-state index contributed by atoms with van der Waals surface area (Å²) in [5.41, 5.74) is 0. The van der Waals surface area contributed by atoms with E-state index in [0.29, 0.717) is 6.42 Å². The summed E-state index contributed by atoms with van der Waals surface area (Å²) in [6.07, 6.45) is 7.39. The Morgan fingerprint density at radius 1 is 0.833 bits per heavy atom. The van der Waals surface area contributed by atoms with Crippen molar-refractivity contribution in [2.24, 2.45) is 5.92 Å². The maximum Gasteiger partial charge on any atom is 1.00 e. The number of carbonyl (C=O) groups is 2. The Morgan fingerprint density at radius 3 is 1.61 bits per heavy atom. The van der Waals surface area contributed by atoms with Gasteiger partial charge in [0.1, 0.15) is 0 Å². The van der Waals surface area contributed by atoms with Gasteiger partial charge in [-0.15, -0.1) is 0 Å². The molecule has 0 aromatic rings. The van der Waals surface area contributed by atoms with E-state index in [-0.39, 0.29) is 109 Å². The Kier molecular flexibility index (Phi) is 24.2. The summed E-state index contributed by atoms with van der Waals surface area (Å²) < 4.78 is 0. The largest absolute Gasteiger partial charge is 1.00 e. The zero-order valence-corrected chi connectivity index (χ0v) is 18.1. The first-order chi connectivity index (χ1) is 7.59. The zero-order chi connectivity index (χ0) is 12.4. The van der Waals surface area contributed by atoms with Crippen LogP contribution in [-0.4, -0.2) is 11.9 Å². The fourth-order valence-electron chi connectivity index (χ4n) is 1.64. The van der Waals surface area contributed by atoms with Crippen LogP contribution in [0.4, 0.5) is 0 Å². The average molecular weight is 306 g/mol. The van der Waals surface area contributed by atoms with Crippen LogP contribution in [0.1, 0.15) is 58.3 Å². The second kappa shape index (κ2) is 17.3. The van der Waals surface area contributed by atoms with Crippen molar-refractivity contribution in [2.45, 2.75) is 58.3 Å². The fraction of sp³-hybridized carbons (Fsp3) is 0.833. The van der Waals surface area contributed by atoms with E-state index in [9.17, 15) is 19.8 Å². The number of hydrogen-bond donors (Lipinski definition) is 0. The minimum absolute atomic E-state index is 0. The molecule has 6 heteroatoms. The van der Waals surface area contributed by atoms with Crippen LogP contribution in [0, 0.1) is 5.92 Å². The zero-order valence-electron chi connectivity index (χ0n) is 11.9. The van der Waals surface area contributed by atoms with Crippen molar-refractivity contribution in [2.75, 3.05) is 0 Å². The maximum atomic E-state index is 10.4. The summed E-state index contributed by atoms with van der Waals surface area (Å²) in [6.45, 7) is 2.14. The molecule has 0 rings (SSSR count). The molecule has 0 saturated heterocycles. The van der Waals surface area contributed by atoms with Crippen molar-refractivity contribution in [3.05, 3.63) is 0 Å². The molecule has 0 aliphatic heterocycles. The molecule has 18 heavy (non-hydrogen) atoms. The first kappa shape index (κ1) is 25.2. The number of carboxylic acid groups (broad SMARTS) is 2. The van der Waals surface area contributed by atoms with E-state index < -0.39 is 17.9 Å². The van der Waals surface area contributed by atoms with Gasteiger partial charge in [-0.1, -0.05) is 51.9 Å². The third-order valence-corrected chi connectivity index (χ3v) is 2.67. The molecule has 0 fully saturated rings. The van der Waals surface area contributed by atoms with Crippen molar-refractivity contribution in [3.63, 3.8) is 0 Å². The van der Waals surface area contributed by atoms with Gasteiger partial charge < -0.3 is 19.8 Å². The van der Waals surface area contributed by atoms with Crippen LogP contribution < -0.4 is 113 Å². The van der Waals surface area contributed by atoms with Crippen molar-refractivity contribution < 1.29 is 123 Å². The van der Waals surface area contributed by atoms with Crippen molar-refractivity contribution >= 4 is 11.9 Å². The molecule has 0 bridgehead atoms. The van der Waals surface area contributed by atoms with E-state index in [1.54, 1.807) is 0 Å². The summed E-state index contributed by atoms with van der Waals surface area (Å²) in [5.74, 6) is -4.52. The number of carbonyl (C=O) groups excluding carboxylic acids is 2. The van der Waals surface area contributed by atoms with Gasteiger partial charge in [0, 0.05) is 5.92 Å². The minimum Gasteiger partial charge on any atom is -0.549 e. The van der Waals surface area contributed by atoms with Crippen LogP contribution in [0.2, 0.25) is 0 Å². The third-order valence-electron chi connectivity index (χ3n) is 2.67. The Hall–Kier alpha value is 2.21. The Balaban J connectivity index is -0.00000112. The molecule has 0 saturated carbocycles. The molecular formula is C12H20K2O4. The van der Waals surface area contributed by atoms with Crippen molar-refractivity contribution in [1.82, 2.24) is 0 Å². The molecule has 0 radical (unpaired) electrons. The first-order valence-corrected chi connectivity index (χ1v) is 6.01. The van der Waals surface area contributed by atoms with Gasteiger partial charge in [0.25, 0.3) is 0 Å². The Bertz CT molecular complexity index is 208. The number of aliphatic carboxylic acids is 2. The predicted molar refractivity (Wildman–Crippen MR) is 56.1 cm³/mol. The fourth-order valence-corrected chi connectivity index (χ4v) is 1.64. The van der Waals surface area contributed by atoms with Gasteiger partial charge in [-0.2, -0.15) is 0 Å². The number of unbranched alkanes of at least 4 members (excludes halogenated alkanes) is 6. The second-order valence-corrected chi connectivity index (χ2v) is 4.10. The van der Waals surface area contributed by atoms with E-state index in [2.05, 4.69) is 6.92 Å². The monoisotopic (exact) mass is 306 g/mol. The smallest absolute Gasteiger partial charge is 0.549 e. The average Bonchev–Trinajstić information content (AvgIpc) is 2.21. The SMILES string of the molecule is CCCCCCCCCC(C(=O)[O-])C(=O)[O-].[K+].[K+]. The van der Waals surface area contributed by atoms with E-state index in [1.165, 1.54) is 19.3 Å². The Morgan fingerprint density at radius 2 is 1.22 bits per heavy atom. The number of hydrogen-bond acceptors (Lipinski definition) is 4. The van der Waals surface area contributed by atoms with Gasteiger partial charge in [0.2, 0.25) is 0 Å². The van der Waals surface area contributed by atoms with E-state index >= 15 is 0 Å². The van der Waals surface area contributed by atoms with Gasteiger partial charge in [0.15, 0.2) is 0 Å². The number of rotatable bonds is 10. The van der Waals surface area contributed by atoms with Crippen molar-refractivity contribution in [1.29, 1.82) is 0 Å². The van der Waals surface area contributed by atoms with Crippen LogP contribution in [0.3, 0.4) is 0 Å².